The predicted octanol–water partition coefficient (Wildman–Crippen LogP) is 2.53. The first-order chi connectivity index (χ1) is 4.97. The first-order valence-corrected chi connectivity index (χ1v) is 3.59. The van der Waals surface area contributed by atoms with Crippen LogP contribution >= 0.6 is 0 Å². The predicted molar refractivity (Wildman–Crippen MR) is 41.8 cm³/mol. The van der Waals surface area contributed by atoms with Crippen LogP contribution in [0.1, 0.15) is 17.9 Å². The summed E-state index contributed by atoms with van der Waals surface area (Å²) in [5, 5.41) is 0. The lowest BCUT2D eigenvalue weighted by Gasteiger charge is -2.17. The number of hydrogen-bond donors (Lipinski definition) is 0. The highest BCUT2D eigenvalue weighted by Gasteiger charge is 2.10. The highest BCUT2D eigenvalue weighted by molar-refractivity contribution is 5.28. The van der Waals surface area contributed by atoms with Gasteiger partial charge in [0.1, 0.15) is 0 Å². The minimum atomic E-state index is 0.678. The van der Waals surface area contributed by atoms with Gasteiger partial charge in [0, 0.05) is 5.92 Å². The van der Waals surface area contributed by atoms with E-state index in [-0.39, 0.29) is 0 Å². The average Bonchev–Trinajstić information content (AvgIpc) is 1.86. The monoisotopic (exact) mass is 129 g/mol. The molecule has 0 aromatic heterocycles. The van der Waals surface area contributed by atoms with Gasteiger partial charge in [-0.15, -0.1) is 0 Å². The Balaban J connectivity index is 2.26. The van der Waals surface area contributed by atoms with E-state index in [0.717, 1.165) is 0 Å². The van der Waals surface area contributed by atoms with Crippen molar-refractivity contribution in [1.82, 2.24) is 0 Å². The molecule has 1 atom stereocenters. The van der Waals surface area contributed by atoms with E-state index in [1.807, 2.05) is 12.1 Å². The third kappa shape index (κ3) is 0.860. The molecular formula is C10H9. The van der Waals surface area contributed by atoms with Gasteiger partial charge in [-0.3, -0.25) is 0 Å². The summed E-state index contributed by atoms with van der Waals surface area (Å²) in [7, 11) is 0. The number of allylic oxidation sites excluding steroid dienone is 2. The van der Waals surface area contributed by atoms with Crippen LogP contribution in [0.15, 0.2) is 36.4 Å². The Morgan fingerprint density at radius 2 is 2.40 bits per heavy atom. The zero-order valence-corrected chi connectivity index (χ0v) is 5.75. The first kappa shape index (κ1) is 5.72. The molecule has 0 saturated carbocycles. The minimum absolute atomic E-state index is 0.678. The fraction of sp³-hybridized carbons (Fsp3) is 0.200. The second kappa shape index (κ2) is 2.30. The van der Waals surface area contributed by atoms with Crippen LogP contribution in [0.2, 0.25) is 0 Å². The van der Waals surface area contributed by atoms with Crippen molar-refractivity contribution in [1.29, 1.82) is 0 Å². The zero-order chi connectivity index (χ0) is 6.81. The van der Waals surface area contributed by atoms with Gasteiger partial charge in [-0.1, -0.05) is 36.4 Å². The SMILES string of the molecule is [c]1cccc(C2C=CC2)c1. The second-order valence-corrected chi connectivity index (χ2v) is 2.61. The fourth-order valence-electron chi connectivity index (χ4n) is 1.16. The lowest BCUT2D eigenvalue weighted by molar-refractivity contribution is 0.793. The normalized spacial score (nSPS) is 22.2. The number of hydrogen-bond acceptors (Lipinski definition) is 0. The molecule has 1 radical (unpaired) electrons. The summed E-state index contributed by atoms with van der Waals surface area (Å²) in [4.78, 5) is 0. The molecular weight excluding hydrogens is 120 g/mol. The first-order valence-electron chi connectivity index (χ1n) is 3.59. The lowest BCUT2D eigenvalue weighted by atomic mass is 9.88. The average molecular weight is 129 g/mol. The van der Waals surface area contributed by atoms with Gasteiger partial charge in [-0.2, -0.15) is 0 Å². The maximum Gasteiger partial charge on any atom is 0.00527 e. The highest BCUT2D eigenvalue weighted by atomic mass is 14.1. The van der Waals surface area contributed by atoms with E-state index in [4.69, 9.17) is 0 Å². The summed E-state index contributed by atoms with van der Waals surface area (Å²) in [5.74, 6) is 0.678. The Labute approximate surface area is 61.2 Å². The Morgan fingerprint density at radius 1 is 1.50 bits per heavy atom. The number of benzene rings is 1. The summed E-state index contributed by atoms with van der Waals surface area (Å²) in [5.41, 5.74) is 1.39. The van der Waals surface area contributed by atoms with E-state index in [1.54, 1.807) is 0 Å². The largest absolute Gasteiger partial charge is 0.0870 e. The van der Waals surface area contributed by atoms with E-state index in [1.165, 1.54) is 12.0 Å². The summed E-state index contributed by atoms with van der Waals surface area (Å²) in [6.07, 6.45) is 5.65. The fourth-order valence-corrected chi connectivity index (χ4v) is 1.16. The van der Waals surface area contributed by atoms with E-state index < -0.39 is 0 Å². The molecule has 1 aliphatic rings. The van der Waals surface area contributed by atoms with Gasteiger partial charge in [0.2, 0.25) is 0 Å². The van der Waals surface area contributed by atoms with Crippen LogP contribution in [0.5, 0.6) is 0 Å². The maximum atomic E-state index is 3.08. The van der Waals surface area contributed by atoms with Gasteiger partial charge in [-0.25, -0.2) is 0 Å². The van der Waals surface area contributed by atoms with Crippen molar-refractivity contribution in [3.05, 3.63) is 48.0 Å². The molecule has 0 heterocycles. The molecule has 0 amide bonds. The molecule has 1 aromatic carbocycles. The van der Waals surface area contributed by atoms with Gasteiger partial charge in [0.15, 0.2) is 0 Å². The summed E-state index contributed by atoms with van der Waals surface area (Å²) >= 11 is 0. The van der Waals surface area contributed by atoms with Crippen molar-refractivity contribution in [2.75, 3.05) is 0 Å². The second-order valence-electron chi connectivity index (χ2n) is 2.61. The smallest absolute Gasteiger partial charge is 0.00527 e. The van der Waals surface area contributed by atoms with E-state index in [2.05, 4.69) is 30.4 Å². The van der Waals surface area contributed by atoms with E-state index in [0.29, 0.717) is 5.92 Å². The molecule has 1 aromatic rings. The van der Waals surface area contributed by atoms with Gasteiger partial charge in [0.05, 0.1) is 0 Å². The Morgan fingerprint density at radius 3 is 2.90 bits per heavy atom. The summed E-state index contributed by atoms with van der Waals surface area (Å²) < 4.78 is 0. The molecule has 0 spiro atoms. The molecule has 1 aliphatic carbocycles. The van der Waals surface area contributed by atoms with Crippen LogP contribution in [0, 0.1) is 6.07 Å². The molecule has 0 N–H and O–H groups in total. The molecule has 0 nitrogen and oxygen atoms in total. The molecule has 10 heavy (non-hydrogen) atoms. The lowest BCUT2D eigenvalue weighted by Crippen LogP contribution is -1.99. The number of rotatable bonds is 1. The third-order valence-electron chi connectivity index (χ3n) is 1.92. The molecule has 0 saturated heterocycles. The minimum Gasteiger partial charge on any atom is -0.0870 e. The standard InChI is InChI=1S/C10H9/c1-2-5-9(6-3-1)10-7-4-8-10/h1-2,4-7,10H,8H2. The van der Waals surface area contributed by atoms with Crippen LogP contribution < -0.4 is 0 Å². The van der Waals surface area contributed by atoms with E-state index in [9.17, 15) is 0 Å². The van der Waals surface area contributed by atoms with Gasteiger partial charge in [0.25, 0.3) is 0 Å². The van der Waals surface area contributed by atoms with Crippen LogP contribution in [0.25, 0.3) is 0 Å². The van der Waals surface area contributed by atoms with E-state index >= 15 is 0 Å². The highest BCUT2D eigenvalue weighted by Crippen LogP contribution is 2.27. The van der Waals surface area contributed by atoms with Crippen molar-refractivity contribution in [3.8, 4) is 0 Å². The Kier molecular flexibility index (Phi) is 1.31. The van der Waals surface area contributed by atoms with Crippen molar-refractivity contribution >= 4 is 0 Å². The van der Waals surface area contributed by atoms with Crippen LogP contribution in [0.3, 0.4) is 0 Å². The topological polar surface area (TPSA) is 0 Å². The van der Waals surface area contributed by atoms with Crippen molar-refractivity contribution in [3.63, 3.8) is 0 Å². The summed E-state index contributed by atoms with van der Waals surface area (Å²) in [6.45, 7) is 0. The van der Waals surface area contributed by atoms with Crippen LogP contribution in [-0.4, -0.2) is 0 Å². The zero-order valence-electron chi connectivity index (χ0n) is 5.75. The molecule has 0 bridgehead atoms. The summed E-state index contributed by atoms with van der Waals surface area (Å²) in [6, 6.07) is 11.3. The maximum absolute atomic E-state index is 3.08. The Bertz CT molecular complexity index is 233. The molecule has 2 rings (SSSR count). The van der Waals surface area contributed by atoms with Crippen molar-refractivity contribution in [2.24, 2.45) is 0 Å². The van der Waals surface area contributed by atoms with Crippen molar-refractivity contribution < 1.29 is 0 Å². The third-order valence-corrected chi connectivity index (χ3v) is 1.92. The quantitative estimate of drug-likeness (QED) is 0.511. The molecule has 0 fully saturated rings. The van der Waals surface area contributed by atoms with Gasteiger partial charge in [-0.05, 0) is 18.1 Å². The van der Waals surface area contributed by atoms with Crippen LogP contribution in [-0.2, 0) is 0 Å². The molecule has 0 heteroatoms. The molecule has 1 unspecified atom stereocenters. The molecule has 49 valence electrons. The van der Waals surface area contributed by atoms with Gasteiger partial charge >= 0.3 is 0 Å². The Hall–Kier alpha value is -1.04. The van der Waals surface area contributed by atoms with Gasteiger partial charge < -0.3 is 0 Å². The van der Waals surface area contributed by atoms with Crippen molar-refractivity contribution in [2.45, 2.75) is 12.3 Å². The van der Waals surface area contributed by atoms with Crippen LogP contribution in [0.4, 0.5) is 0 Å². The molecule has 0 aliphatic heterocycles.